The summed E-state index contributed by atoms with van der Waals surface area (Å²) in [4.78, 5) is 1.40. The zero-order valence-corrected chi connectivity index (χ0v) is 9.93. The van der Waals surface area contributed by atoms with Crippen molar-refractivity contribution in [2.24, 2.45) is 0 Å². The molecule has 2 rings (SSSR count). The smallest absolute Gasteiger partial charge is 0.00750 e. The minimum absolute atomic E-state index is 0.773. The Bertz CT molecular complexity index is 267. The van der Waals surface area contributed by atoms with Crippen molar-refractivity contribution in [2.75, 3.05) is 12.3 Å². The Balaban J connectivity index is 1.66. The minimum atomic E-state index is 0.773. The lowest BCUT2D eigenvalue weighted by Gasteiger charge is -2.23. The Morgan fingerprint density at radius 2 is 2.07 bits per heavy atom. The summed E-state index contributed by atoms with van der Waals surface area (Å²) < 4.78 is 0. The number of hydrogen-bond acceptors (Lipinski definition) is 2. The summed E-state index contributed by atoms with van der Waals surface area (Å²) in [5, 5.41) is 3.59. The number of benzene rings is 1. The second-order valence-electron chi connectivity index (χ2n) is 4.10. The van der Waals surface area contributed by atoms with Gasteiger partial charge in [0.2, 0.25) is 0 Å². The van der Waals surface area contributed by atoms with E-state index in [-0.39, 0.29) is 0 Å². The van der Waals surface area contributed by atoms with Gasteiger partial charge in [0.05, 0.1) is 0 Å². The maximum absolute atomic E-state index is 3.59. The Morgan fingerprint density at radius 1 is 1.20 bits per heavy atom. The van der Waals surface area contributed by atoms with Crippen LogP contribution in [-0.4, -0.2) is 18.3 Å². The number of nitrogens with one attached hydrogen (secondary N) is 1. The van der Waals surface area contributed by atoms with E-state index >= 15 is 0 Å². The van der Waals surface area contributed by atoms with Crippen LogP contribution in [0.5, 0.6) is 0 Å². The summed E-state index contributed by atoms with van der Waals surface area (Å²) in [7, 11) is 0. The molecule has 0 amide bonds. The molecule has 0 unspecified atom stereocenters. The molecule has 1 fully saturated rings. The molecule has 0 aliphatic carbocycles. The molecule has 0 bridgehead atoms. The van der Waals surface area contributed by atoms with Crippen LogP contribution in [-0.2, 0) is 0 Å². The molecule has 1 nitrogen and oxygen atoms in total. The Kier molecular flexibility index (Phi) is 4.55. The molecule has 0 saturated carbocycles. The second kappa shape index (κ2) is 6.19. The molecule has 2 heteroatoms. The number of thioether (sulfide) groups is 1. The molecule has 1 aromatic rings. The first-order chi connectivity index (χ1) is 7.45. The van der Waals surface area contributed by atoms with Gasteiger partial charge in [-0.3, -0.25) is 0 Å². The van der Waals surface area contributed by atoms with Crippen LogP contribution >= 0.6 is 11.8 Å². The third-order valence-electron chi connectivity index (χ3n) is 2.89. The first-order valence-electron chi connectivity index (χ1n) is 5.86. The summed E-state index contributed by atoms with van der Waals surface area (Å²) in [6.07, 6.45) is 5.45. The highest BCUT2D eigenvalue weighted by molar-refractivity contribution is 7.99. The SMILES string of the molecule is c1ccc(SCC[C@@H]2CCCCN2)cc1. The average molecular weight is 221 g/mol. The highest BCUT2D eigenvalue weighted by Gasteiger charge is 2.11. The fourth-order valence-electron chi connectivity index (χ4n) is 2.01. The predicted octanol–water partition coefficient (Wildman–Crippen LogP) is 3.31. The van der Waals surface area contributed by atoms with Crippen LogP contribution in [0.1, 0.15) is 25.7 Å². The molecule has 0 radical (unpaired) electrons. The molecule has 1 aromatic carbocycles. The maximum Gasteiger partial charge on any atom is 0.00750 e. The van der Waals surface area contributed by atoms with Crippen molar-refractivity contribution >= 4 is 11.8 Å². The van der Waals surface area contributed by atoms with Crippen molar-refractivity contribution in [3.8, 4) is 0 Å². The molecule has 0 aromatic heterocycles. The quantitative estimate of drug-likeness (QED) is 0.783. The molecule has 15 heavy (non-hydrogen) atoms. The van der Waals surface area contributed by atoms with Crippen LogP contribution in [0.15, 0.2) is 35.2 Å². The van der Waals surface area contributed by atoms with E-state index in [9.17, 15) is 0 Å². The summed E-state index contributed by atoms with van der Waals surface area (Å²) in [5.41, 5.74) is 0. The molecule has 1 heterocycles. The van der Waals surface area contributed by atoms with E-state index in [1.807, 2.05) is 11.8 Å². The van der Waals surface area contributed by atoms with E-state index in [0.29, 0.717) is 0 Å². The highest BCUT2D eigenvalue weighted by Crippen LogP contribution is 2.20. The molecule has 1 saturated heterocycles. The summed E-state index contributed by atoms with van der Waals surface area (Å²) >= 11 is 1.97. The minimum Gasteiger partial charge on any atom is -0.314 e. The van der Waals surface area contributed by atoms with Gasteiger partial charge >= 0.3 is 0 Å². The number of piperidine rings is 1. The van der Waals surface area contributed by atoms with Gasteiger partial charge in [-0.1, -0.05) is 24.6 Å². The van der Waals surface area contributed by atoms with E-state index < -0.39 is 0 Å². The van der Waals surface area contributed by atoms with Crippen molar-refractivity contribution in [3.05, 3.63) is 30.3 Å². The molecule has 0 spiro atoms. The van der Waals surface area contributed by atoms with Crippen LogP contribution < -0.4 is 5.32 Å². The van der Waals surface area contributed by atoms with Crippen LogP contribution in [0.4, 0.5) is 0 Å². The third kappa shape index (κ3) is 3.88. The number of rotatable bonds is 4. The van der Waals surface area contributed by atoms with Crippen molar-refractivity contribution < 1.29 is 0 Å². The lowest BCUT2D eigenvalue weighted by molar-refractivity contribution is 0.395. The fraction of sp³-hybridized carbons (Fsp3) is 0.538. The van der Waals surface area contributed by atoms with Gasteiger partial charge in [-0.25, -0.2) is 0 Å². The van der Waals surface area contributed by atoms with E-state index in [1.165, 1.54) is 42.9 Å². The van der Waals surface area contributed by atoms with Gasteiger partial charge in [0.1, 0.15) is 0 Å². The van der Waals surface area contributed by atoms with Crippen molar-refractivity contribution in [1.29, 1.82) is 0 Å². The Morgan fingerprint density at radius 3 is 2.80 bits per heavy atom. The second-order valence-corrected chi connectivity index (χ2v) is 5.27. The van der Waals surface area contributed by atoms with Crippen LogP contribution in [0.2, 0.25) is 0 Å². The van der Waals surface area contributed by atoms with Crippen LogP contribution in [0.3, 0.4) is 0 Å². The van der Waals surface area contributed by atoms with Crippen molar-refractivity contribution in [2.45, 2.75) is 36.6 Å². The van der Waals surface area contributed by atoms with Gasteiger partial charge in [0.25, 0.3) is 0 Å². The zero-order chi connectivity index (χ0) is 10.3. The van der Waals surface area contributed by atoms with E-state index in [4.69, 9.17) is 0 Å². The summed E-state index contributed by atoms with van der Waals surface area (Å²) in [6.45, 7) is 1.22. The molecule has 82 valence electrons. The lowest BCUT2D eigenvalue weighted by Crippen LogP contribution is -2.34. The third-order valence-corrected chi connectivity index (χ3v) is 3.94. The Labute approximate surface area is 96.7 Å². The van der Waals surface area contributed by atoms with Gasteiger partial charge < -0.3 is 5.32 Å². The molecular formula is C13H19NS. The van der Waals surface area contributed by atoms with Crippen molar-refractivity contribution in [1.82, 2.24) is 5.32 Å². The van der Waals surface area contributed by atoms with Crippen LogP contribution in [0.25, 0.3) is 0 Å². The molecule has 1 aliphatic rings. The summed E-state index contributed by atoms with van der Waals surface area (Å²) in [6, 6.07) is 11.5. The first-order valence-corrected chi connectivity index (χ1v) is 6.85. The normalized spacial score (nSPS) is 21.5. The van der Waals surface area contributed by atoms with Crippen molar-refractivity contribution in [3.63, 3.8) is 0 Å². The average Bonchev–Trinajstić information content (AvgIpc) is 2.32. The Hall–Kier alpha value is -0.470. The van der Waals surface area contributed by atoms with Crippen LogP contribution in [0, 0.1) is 0 Å². The monoisotopic (exact) mass is 221 g/mol. The lowest BCUT2D eigenvalue weighted by atomic mass is 10.0. The molecule has 1 N–H and O–H groups in total. The van der Waals surface area contributed by atoms with Gasteiger partial charge in [-0.2, -0.15) is 0 Å². The fourth-order valence-corrected chi connectivity index (χ4v) is 2.99. The maximum atomic E-state index is 3.59. The van der Waals surface area contributed by atoms with E-state index in [1.54, 1.807) is 0 Å². The highest BCUT2D eigenvalue weighted by atomic mass is 32.2. The first kappa shape index (κ1) is 11.0. The van der Waals surface area contributed by atoms with Gasteiger partial charge in [0.15, 0.2) is 0 Å². The largest absolute Gasteiger partial charge is 0.314 e. The number of hydrogen-bond donors (Lipinski definition) is 1. The van der Waals surface area contributed by atoms with E-state index in [2.05, 4.69) is 35.6 Å². The summed E-state index contributed by atoms with van der Waals surface area (Å²) in [5.74, 6) is 1.24. The molecular weight excluding hydrogens is 202 g/mol. The van der Waals surface area contributed by atoms with E-state index in [0.717, 1.165) is 6.04 Å². The molecule has 1 atom stereocenters. The molecule has 1 aliphatic heterocycles. The van der Waals surface area contributed by atoms with Gasteiger partial charge in [-0.05, 0) is 43.7 Å². The topological polar surface area (TPSA) is 12.0 Å². The van der Waals surface area contributed by atoms with Gasteiger partial charge in [0, 0.05) is 10.9 Å². The zero-order valence-electron chi connectivity index (χ0n) is 9.11. The standard InChI is InChI=1S/C13H19NS/c1-2-7-13(8-3-1)15-11-9-12-6-4-5-10-14-12/h1-3,7-8,12,14H,4-6,9-11H2/t12-/m0/s1. The van der Waals surface area contributed by atoms with Gasteiger partial charge in [-0.15, -0.1) is 11.8 Å². The predicted molar refractivity (Wildman–Crippen MR) is 67.4 cm³/mol.